The van der Waals surface area contributed by atoms with Crippen LogP contribution in [0.1, 0.15) is 22.3 Å². The Hall–Kier alpha value is -6.25. The Kier molecular flexibility index (Phi) is 6.95. The normalized spacial score (nSPS) is 12.8. The largest absolute Gasteiger partial charge is 0.310 e. The first kappa shape index (κ1) is 28.9. The molecule has 0 heterocycles. The molecular weight excluding hydrogens is 598 g/mol. The molecule has 0 N–H and O–H groups in total. The maximum Gasteiger partial charge on any atom is 0.123 e. The second-order valence-electron chi connectivity index (χ2n) is 12.6. The molecule has 232 valence electrons. The second-order valence-corrected chi connectivity index (χ2v) is 12.6. The standard InChI is InChI=1S/C47H32FN/c48-37-27-30-42-43(31-37)47(35-17-7-2-8-18-35,36-19-9-3-10-20-36)44-32-45(40-23-13-14-24-41(40)46(42)44)49(38-21-11-4-12-22-38)39-28-25-34(26-29-39)33-15-5-1-6-16-33/h1-32H. The van der Waals surface area contributed by atoms with Gasteiger partial charge >= 0.3 is 0 Å². The molecule has 0 radical (unpaired) electrons. The van der Waals surface area contributed by atoms with Crippen molar-refractivity contribution in [2.45, 2.75) is 5.41 Å². The van der Waals surface area contributed by atoms with Gasteiger partial charge in [0.1, 0.15) is 5.82 Å². The van der Waals surface area contributed by atoms with Gasteiger partial charge in [-0.25, -0.2) is 4.39 Å². The molecule has 0 unspecified atom stereocenters. The number of para-hydroxylation sites is 1. The van der Waals surface area contributed by atoms with Crippen LogP contribution in [-0.4, -0.2) is 0 Å². The SMILES string of the molecule is Fc1ccc2c(c1)C(c1ccccc1)(c1ccccc1)c1cc(N(c3ccccc3)c3ccc(-c4ccccc4)cc3)c3ccccc3c1-2. The van der Waals surface area contributed by atoms with Gasteiger partial charge < -0.3 is 4.90 Å². The highest BCUT2D eigenvalue weighted by Crippen LogP contribution is 2.59. The first-order chi connectivity index (χ1) is 24.2. The Morgan fingerprint density at radius 3 is 1.55 bits per heavy atom. The van der Waals surface area contributed by atoms with Crippen LogP contribution in [0.15, 0.2) is 194 Å². The summed E-state index contributed by atoms with van der Waals surface area (Å²) in [7, 11) is 0. The van der Waals surface area contributed by atoms with E-state index in [1.807, 2.05) is 24.3 Å². The zero-order valence-electron chi connectivity index (χ0n) is 26.8. The lowest BCUT2D eigenvalue weighted by Crippen LogP contribution is -2.29. The van der Waals surface area contributed by atoms with E-state index in [0.29, 0.717) is 0 Å². The highest BCUT2D eigenvalue weighted by molar-refractivity contribution is 6.11. The van der Waals surface area contributed by atoms with Crippen molar-refractivity contribution in [2.24, 2.45) is 0 Å². The number of anilines is 3. The molecule has 0 aliphatic heterocycles. The van der Waals surface area contributed by atoms with Crippen molar-refractivity contribution in [3.05, 3.63) is 222 Å². The minimum atomic E-state index is -0.742. The van der Waals surface area contributed by atoms with Crippen molar-refractivity contribution in [1.29, 1.82) is 0 Å². The zero-order chi connectivity index (χ0) is 32.8. The number of hydrogen-bond donors (Lipinski definition) is 0. The van der Waals surface area contributed by atoms with E-state index in [4.69, 9.17) is 0 Å². The van der Waals surface area contributed by atoms with Crippen LogP contribution in [0.2, 0.25) is 0 Å². The molecule has 0 saturated carbocycles. The first-order valence-electron chi connectivity index (χ1n) is 16.7. The van der Waals surface area contributed by atoms with E-state index in [-0.39, 0.29) is 5.82 Å². The summed E-state index contributed by atoms with van der Waals surface area (Å²) in [5, 5.41) is 2.27. The Morgan fingerprint density at radius 1 is 0.408 bits per heavy atom. The Bertz CT molecular complexity index is 2380. The highest BCUT2D eigenvalue weighted by atomic mass is 19.1. The van der Waals surface area contributed by atoms with Crippen LogP contribution in [0.25, 0.3) is 33.0 Å². The van der Waals surface area contributed by atoms with Crippen LogP contribution in [0.4, 0.5) is 21.5 Å². The van der Waals surface area contributed by atoms with Crippen molar-refractivity contribution in [1.82, 2.24) is 0 Å². The van der Waals surface area contributed by atoms with Crippen LogP contribution < -0.4 is 4.90 Å². The maximum atomic E-state index is 15.5. The molecule has 0 amide bonds. The third-order valence-electron chi connectivity index (χ3n) is 9.98. The summed E-state index contributed by atoms with van der Waals surface area (Å²) >= 11 is 0. The van der Waals surface area contributed by atoms with E-state index in [9.17, 15) is 0 Å². The molecule has 0 bridgehead atoms. The van der Waals surface area contributed by atoms with Gasteiger partial charge in [0.2, 0.25) is 0 Å². The zero-order valence-corrected chi connectivity index (χ0v) is 26.8. The third kappa shape index (κ3) is 4.60. The molecule has 0 atom stereocenters. The van der Waals surface area contributed by atoms with Gasteiger partial charge in [0.15, 0.2) is 0 Å². The molecule has 2 heteroatoms. The fraction of sp³-hybridized carbons (Fsp3) is 0.0213. The lowest BCUT2D eigenvalue weighted by Gasteiger charge is -2.35. The summed E-state index contributed by atoms with van der Waals surface area (Å²) in [6.45, 7) is 0. The molecule has 0 spiro atoms. The molecule has 49 heavy (non-hydrogen) atoms. The van der Waals surface area contributed by atoms with Crippen LogP contribution in [-0.2, 0) is 5.41 Å². The number of nitrogens with zero attached hydrogens (tertiary/aromatic N) is 1. The average Bonchev–Trinajstić information content (AvgIpc) is 3.47. The van der Waals surface area contributed by atoms with Crippen molar-refractivity contribution in [3.8, 4) is 22.3 Å². The number of halogens is 1. The van der Waals surface area contributed by atoms with Gasteiger partial charge in [0.25, 0.3) is 0 Å². The van der Waals surface area contributed by atoms with Crippen LogP contribution in [0.5, 0.6) is 0 Å². The summed E-state index contributed by atoms with van der Waals surface area (Å²) in [4.78, 5) is 2.36. The van der Waals surface area contributed by atoms with Crippen molar-refractivity contribution < 1.29 is 4.39 Å². The van der Waals surface area contributed by atoms with Gasteiger partial charge in [-0.1, -0.05) is 152 Å². The fourth-order valence-electron chi connectivity index (χ4n) is 7.92. The molecule has 8 aromatic carbocycles. The summed E-state index contributed by atoms with van der Waals surface area (Å²) in [6, 6.07) is 67.4. The summed E-state index contributed by atoms with van der Waals surface area (Å²) in [6.07, 6.45) is 0. The molecule has 9 rings (SSSR count). The van der Waals surface area contributed by atoms with Crippen molar-refractivity contribution >= 4 is 27.8 Å². The summed E-state index contributed by atoms with van der Waals surface area (Å²) in [5.74, 6) is -0.239. The lowest BCUT2D eigenvalue weighted by atomic mass is 9.67. The van der Waals surface area contributed by atoms with Gasteiger partial charge in [0, 0.05) is 16.8 Å². The molecular formula is C47H32FN. The van der Waals surface area contributed by atoms with Crippen molar-refractivity contribution in [2.75, 3.05) is 4.90 Å². The van der Waals surface area contributed by atoms with Crippen LogP contribution >= 0.6 is 0 Å². The first-order valence-corrected chi connectivity index (χ1v) is 16.7. The minimum absolute atomic E-state index is 0.239. The van der Waals surface area contributed by atoms with Gasteiger partial charge in [-0.3, -0.25) is 0 Å². The molecule has 0 fully saturated rings. The third-order valence-corrected chi connectivity index (χ3v) is 9.98. The second kappa shape index (κ2) is 11.8. The number of fused-ring (bicyclic) bond motifs is 5. The quantitative estimate of drug-likeness (QED) is 0.177. The van der Waals surface area contributed by atoms with E-state index >= 15 is 4.39 Å². The lowest BCUT2D eigenvalue weighted by molar-refractivity contribution is 0.621. The highest BCUT2D eigenvalue weighted by Gasteiger charge is 2.47. The van der Waals surface area contributed by atoms with E-state index in [0.717, 1.165) is 61.2 Å². The van der Waals surface area contributed by atoms with E-state index in [1.165, 1.54) is 11.1 Å². The molecule has 1 nitrogen and oxygen atoms in total. The number of benzene rings is 8. The Labute approximate surface area is 286 Å². The molecule has 8 aromatic rings. The average molecular weight is 630 g/mol. The molecule has 1 aliphatic rings. The predicted octanol–water partition coefficient (Wildman–Crippen LogP) is 12.5. The summed E-state index contributed by atoms with van der Waals surface area (Å²) in [5.41, 5.74) is 11.3. The molecule has 1 aliphatic carbocycles. The monoisotopic (exact) mass is 629 g/mol. The van der Waals surface area contributed by atoms with Gasteiger partial charge in [-0.2, -0.15) is 0 Å². The van der Waals surface area contributed by atoms with Crippen molar-refractivity contribution in [3.63, 3.8) is 0 Å². The molecule has 0 aromatic heterocycles. The topological polar surface area (TPSA) is 3.24 Å². The smallest absolute Gasteiger partial charge is 0.123 e. The maximum absolute atomic E-state index is 15.5. The van der Waals surface area contributed by atoms with Crippen LogP contribution in [0, 0.1) is 5.82 Å². The van der Waals surface area contributed by atoms with Gasteiger partial charge in [-0.15, -0.1) is 0 Å². The fourth-order valence-corrected chi connectivity index (χ4v) is 7.92. The van der Waals surface area contributed by atoms with E-state index in [1.54, 1.807) is 12.1 Å². The number of hydrogen-bond acceptors (Lipinski definition) is 1. The van der Waals surface area contributed by atoms with E-state index in [2.05, 4.69) is 163 Å². The van der Waals surface area contributed by atoms with Gasteiger partial charge in [-0.05, 0) is 92.4 Å². The van der Waals surface area contributed by atoms with Gasteiger partial charge in [0.05, 0.1) is 11.1 Å². The number of rotatable bonds is 6. The summed E-state index contributed by atoms with van der Waals surface area (Å²) < 4.78 is 15.5. The molecule has 0 saturated heterocycles. The Balaban J connectivity index is 1.38. The predicted molar refractivity (Wildman–Crippen MR) is 201 cm³/mol. The minimum Gasteiger partial charge on any atom is -0.310 e. The van der Waals surface area contributed by atoms with E-state index < -0.39 is 5.41 Å². The van der Waals surface area contributed by atoms with Crippen LogP contribution in [0.3, 0.4) is 0 Å². The Morgan fingerprint density at radius 2 is 0.918 bits per heavy atom.